The number of nitrogens with one attached hydrogen (secondary N) is 1. The molecule has 1 N–H and O–H groups in total. The maximum absolute atomic E-state index is 14.4. The van der Waals surface area contributed by atoms with Gasteiger partial charge in [0.25, 0.3) is 0 Å². The molecule has 3 rings (SSSR count). The smallest absolute Gasteiger partial charge is 0.250 e. The second-order valence-electron chi connectivity index (χ2n) is 6.55. The summed E-state index contributed by atoms with van der Waals surface area (Å²) in [4.78, 5) is 0. The van der Waals surface area contributed by atoms with Gasteiger partial charge in [0.1, 0.15) is 5.82 Å². The molecule has 0 spiro atoms. The second kappa shape index (κ2) is 8.11. The Morgan fingerprint density at radius 3 is 2.45 bits per heavy atom. The van der Waals surface area contributed by atoms with Crippen LogP contribution in [0.25, 0.3) is 0 Å². The lowest BCUT2D eigenvalue weighted by Gasteiger charge is -2.23. The Morgan fingerprint density at radius 1 is 1.07 bits per heavy atom. The van der Waals surface area contributed by atoms with Crippen molar-refractivity contribution in [3.05, 3.63) is 65.5 Å². The van der Waals surface area contributed by atoms with E-state index in [0.717, 1.165) is 4.41 Å². The molecule has 0 aromatic heterocycles. The Morgan fingerprint density at radius 2 is 1.79 bits per heavy atom. The molecule has 2 aromatic rings. The summed E-state index contributed by atoms with van der Waals surface area (Å²) in [7, 11) is -7.18. The summed E-state index contributed by atoms with van der Waals surface area (Å²) in [5.74, 6) is -0.754. The Balaban J connectivity index is 2.01. The molecule has 156 valence electrons. The van der Waals surface area contributed by atoms with Gasteiger partial charge in [0.2, 0.25) is 20.0 Å². The maximum atomic E-state index is 14.4. The molecule has 29 heavy (non-hydrogen) atoms. The van der Waals surface area contributed by atoms with Crippen LogP contribution in [0.4, 0.5) is 10.1 Å². The lowest BCUT2D eigenvalue weighted by Crippen LogP contribution is -2.29. The Kier molecular flexibility index (Phi) is 5.95. The van der Waals surface area contributed by atoms with Crippen molar-refractivity contribution in [3.8, 4) is 0 Å². The lowest BCUT2D eigenvalue weighted by molar-refractivity contribution is 0.363. The minimum absolute atomic E-state index is 0.0734. The molecule has 0 fully saturated rings. The quantitative estimate of drug-likeness (QED) is 0.717. The average Bonchev–Trinajstić information content (AvgIpc) is 3.14. The third-order valence-electron chi connectivity index (χ3n) is 4.64. The van der Waals surface area contributed by atoms with Gasteiger partial charge in [0.15, 0.2) is 0 Å². The highest BCUT2D eigenvalue weighted by molar-refractivity contribution is 7.92. The fourth-order valence-corrected chi connectivity index (χ4v) is 4.74. The minimum Gasteiger partial charge on any atom is -0.284 e. The molecule has 1 aliphatic heterocycles. The number of anilines is 1. The molecule has 0 saturated heterocycles. The summed E-state index contributed by atoms with van der Waals surface area (Å²) in [6.45, 7) is 3.03. The van der Waals surface area contributed by atoms with Crippen molar-refractivity contribution >= 4 is 31.4 Å². The van der Waals surface area contributed by atoms with Gasteiger partial charge < -0.3 is 0 Å². The van der Waals surface area contributed by atoms with Crippen LogP contribution in [0.3, 0.4) is 0 Å². The minimum atomic E-state index is -3.73. The van der Waals surface area contributed by atoms with E-state index >= 15 is 0 Å². The highest BCUT2D eigenvalue weighted by Crippen LogP contribution is 2.36. The number of nitrogens with zero attached hydrogens (tertiary/aromatic N) is 2. The molecule has 2 aromatic carbocycles. The van der Waals surface area contributed by atoms with Gasteiger partial charge in [-0.3, -0.25) is 4.72 Å². The molecule has 1 atom stereocenters. The summed E-state index contributed by atoms with van der Waals surface area (Å²) in [5.41, 5.74) is 1.60. The van der Waals surface area contributed by atoms with Crippen molar-refractivity contribution in [1.29, 1.82) is 0 Å². The SMILES string of the molecule is CCS(=O)(=O)Nc1cccc(C2=NN(S(=O)(=O)CC)[C@@H](c3ccccc3F)C2)c1. The average molecular weight is 440 g/mol. The van der Waals surface area contributed by atoms with Gasteiger partial charge in [-0.25, -0.2) is 21.2 Å². The van der Waals surface area contributed by atoms with E-state index in [2.05, 4.69) is 9.82 Å². The fraction of sp³-hybridized carbons (Fsp3) is 0.316. The molecular weight excluding hydrogens is 417 g/mol. The monoisotopic (exact) mass is 439 g/mol. The van der Waals surface area contributed by atoms with Crippen molar-refractivity contribution in [1.82, 2.24) is 4.41 Å². The Hall–Kier alpha value is -2.46. The van der Waals surface area contributed by atoms with Gasteiger partial charge in [0, 0.05) is 17.7 Å². The van der Waals surface area contributed by atoms with Crippen molar-refractivity contribution in [2.24, 2.45) is 5.10 Å². The highest BCUT2D eigenvalue weighted by atomic mass is 32.2. The van der Waals surface area contributed by atoms with Crippen LogP contribution < -0.4 is 4.72 Å². The van der Waals surface area contributed by atoms with E-state index in [-0.39, 0.29) is 23.5 Å². The molecule has 10 heteroatoms. The first-order valence-electron chi connectivity index (χ1n) is 9.11. The number of hydrazone groups is 1. The van der Waals surface area contributed by atoms with E-state index in [4.69, 9.17) is 0 Å². The van der Waals surface area contributed by atoms with Gasteiger partial charge in [-0.05, 0) is 37.6 Å². The normalized spacial score (nSPS) is 17.3. The molecule has 0 aliphatic carbocycles. The second-order valence-corrected chi connectivity index (χ2v) is 10.7. The van der Waals surface area contributed by atoms with Crippen molar-refractivity contribution in [3.63, 3.8) is 0 Å². The molecular formula is C19H22FN3O4S2. The summed E-state index contributed by atoms with van der Waals surface area (Å²) in [5, 5.41) is 4.28. The van der Waals surface area contributed by atoms with Crippen LogP contribution in [-0.4, -0.2) is 38.5 Å². The van der Waals surface area contributed by atoms with E-state index in [1.807, 2.05) is 0 Å². The van der Waals surface area contributed by atoms with Crippen LogP contribution >= 0.6 is 0 Å². The van der Waals surface area contributed by atoms with Crippen molar-refractivity contribution in [2.75, 3.05) is 16.2 Å². The van der Waals surface area contributed by atoms with Crippen molar-refractivity contribution < 1.29 is 21.2 Å². The number of benzene rings is 2. The first-order valence-corrected chi connectivity index (χ1v) is 12.4. The van der Waals surface area contributed by atoms with E-state index in [0.29, 0.717) is 17.0 Å². The van der Waals surface area contributed by atoms with Crippen LogP contribution in [0.15, 0.2) is 53.6 Å². The van der Waals surface area contributed by atoms with Crippen LogP contribution in [0.2, 0.25) is 0 Å². The summed E-state index contributed by atoms with van der Waals surface area (Å²) >= 11 is 0. The van der Waals surface area contributed by atoms with Crippen LogP contribution in [0, 0.1) is 5.82 Å². The van der Waals surface area contributed by atoms with Gasteiger partial charge in [0.05, 0.1) is 23.3 Å². The first kappa shape index (κ1) is 21.3. The zero-order chi connectivity index (χ0) is 21.2. The Labute approximate surface area is 170 Å². The number of hydrogen-bond acceptors (Lipinski definition) is 5. The van der Waals surface area contributed by atoms with E-state index in [9.17, 15) is 21.2 Å². The standard InChI is InChI=1S/C19H22FN3O4S2/c1-3-28(24,25)22-15-9-7-8-14(12-15)18-13-19(16-10-5-6-11-17(16)20)23(21-18)29(26,27)4-2/h5-12,19,22H,3-4,13H2,1-2H3/t19-/m1/s1. The van der Waals surface area contributed by atoms with Gasteiger partial charge in [-0.2, -0.15) is 9.52 Å². The molecule has 1 heterocycles. The number of sulfonamides is 2. The predicted octanol–water partition coefficient (Wildman–Crippen LogP) is 3.09. The van der Waals surface area contributed by atoms with E-state index < -0.39 is 31.9 Å². The molecule has 0 saturated carbocycles. The topological polar surface area (TPSA) is 95.9 Å². The summed E-state index contributed by atoms with van der Waals surface area (Å²) < 4.78 is 66.6. The molecule has 0 bridgehead atoms. The zero-order valence-electron chi connectivity index (χ0n) is 16.0. The van der Waals surface area contributed by atoms with Crippen LogP contribution in [0.5, 0.6) is 0 Å². The predicted molar refractivity (Wildman–Crippen MR) is 111 cm³/mol. The van der Waals surface area contributed by atoms with Gasteiger partial charge in [-0.15, -0.1) is 0 Å². The summed E-state index contributed by atoms with van der Waals surface area (Å²) in [6.07, 6.45) is 0.171. The third-order valence-corrected chi connectivity index (χ3v) is 7.58. The van der Waals surface area contributed by atoms with Crippen LogP contribution in [0.1, 0.15) is 37.4 Å². The molecule has 0 unspecified atom stereocenters. The van der Waals surface area contributed by atoms with Crippen molar-refractivity contribution in [2.45, 2.75) is 26.3 Å². The fourth-order valence-electron chi connectivity index (χ4n) is 3.04. The Bertz CT molecular complexity index is 1150. The number of hydrogen-bond donors (Lipinski definition) is 1. The molecule has 7 nitrogen and oxygen atoms in total. The molecule has 1 aliphatic rings. The van der Waals surface area contributed by atoms with E-state index in [1.54, 1.807) is 36.4 Å². The molecule has 0 amide bonds. The summed E-state index contributed by atoms with van der Waals surface area (Å²) in [6, 6.07) is 11.8. The van der Waals surface area contributed by atoms with E-state index in [1.165, 1.54) is 26.0 Å². The molecule has 0 radical (unpaired) electrons. The number of halogens is 1. The third kappa shape index (κ3) is 4.59. The first-order chi connectivity index (χ1) is 13.7. The van der Waals surface area contributed by atoms with Crippen LogP contribution in [-0.2, 0) is 20.0 Å². The maximum Gasteiger partial charge on any atom is 0.250 e. The zero-order valence-corrected chi connectivity index (χ0v) is 17.7. The number of rotatable bonds is 7. The highest BCUT2D eigenvalue weighted by Gasteiger charge is 2.37. The van der Waals surface area contributed by atoms with Gasteiger partial charge in [-0.1, -0.05) is 30.3 Å². The van der Waals surface area contributed by atoms with Gasteiger partial charge >= 0.3 is 0 Å². The largest absolute Gasteiger partial charge is 0.284 e. The lowest BCUT2D eigenvalue weighted by atomic mass is 9.98.